The maximum atomic E-state index is 12.8. The number of imidazole rings is 1. The van der Waals surface area contributed by atoms with E-state index in [9.17, 15) is 4.79 Å². The Hall–Kier alpha value is -1.94. The van der Waals surface area contributed by atoms with Crippen molar-refractivity contribution < 1.29 is 0 Å². The van der Waals surface area contributed by atoms with Crippen molar-refractivity contribution in [3.63, 3.8) is 0 Å². The van der Waals surface area contributed by atoms with Gasteiger partial charge in [-0.3, -0.25) is 9.13 Å². The monoisotopic (exact) mass is 296 g/mol. The molecule has 1 saturated heterocycles. The van der Waals surface area contributed by atoms with E-state index in [2.05, 4.69) is 12.1 Å². The summed E-state index contributed by atoms with van der Waals surface area (Å²) in [6.45, 7) is 1.46. The Bertz CT molecular complexity index is 831. The molecule has 0 amide bonds. The van der Waals surface area contributed by atoms with Crippen LogP contribution in [0.25, 0.3) is 11.0 Å². The summed E-state index contributed by atoms with van der Waals surface area (Å²) >= 11 is 1.92. The van der Waals surface area contributed by atoms with Crippen LogP contribution >= 0.6 is 11.8 Å². The normalized spacial score (nSPS) is 17.2. The molecule has 0 radical (unpaired) electrons. The van der Waals surface area contributed by atoms with E-state index in [1.54, 1.807) is 0 Å². The van der Waals surface area contributed by atoms with Gasteiger partial charge in [0, 0.05) is 17.5 Å². The van der Waals surface area contributed by atoms with Crippen LogP contribution in [-0.2, 0) is 13.1 Å². The van der Waals surface area contributed by atoms with Gasteiger partial charge in [0.25, 0.3) is 0 Å². The molecule has 2 aromatic carbocycles. The summed E-state index contributed by atoms with van der Waals surface area (Å²) in [5.74, 6) is 1.17. The van der Waals surface area contributed by atoms with Gasteiger partial charge in [-0.25, -0.2) is 4.79 Å². The summed E-state index contributed by atoms with van der Waals surface area (Å²) in [4.78, 5) is 12.8. The second kappa shape index (κ2) is 5.11. The van der Waals surface area contributed by atoms with Gasteiger partial charge in [-0.05, 0) is 17.7 Å². The summed E-state index contributed by atoms with van der Waals surface area (Å²) in [5.41, 5.74) is 3.33. The Morgan fingerprint density at radius 3 is 2.24 bits per heavy atom. The van der Waals surface area contributed by atoms with E-state index in [1.165, 1.54) is 5.75 Å². The SMILES string of the molecule is O=c1n(Cc2ccccc2)c2ccccc2n1C[C@H]1CS1. The van der Waals surface area contributed by atoms with Crippen molar-refractivity contribution in [1.29, 1.82) is 0 Å². The summed E-state index contributed by atoms with van der Waals surface area (Å²) < 4.78 is 3.82. The molecule has 1 atom stereocenters. The van der Waals surface area contributed by atoms with Gasteiger partial charge < -0.3 is 0 Å². The summed E-state index contributed by atoms with van der Waals surface area (Å²) in [6.07, 6.45) is 0. The predicted molar refractivity (Wildman–Crippen MR) is 88.0 cm³/mol. The fraction of sp³-hybridized carbons (Fsp3) is 0.235. The third-order valence-electron chi connectivity index (χ3n) is 3.90. The van der Waals surface area contributed by atoms with E-state index in [0.717, 1.165) is 23.1 Å². The fourth-order valence-corrected chi connectivity index (χ4v) is 3.24. The highest BCUT2D eigenvalue weighted by Gasteiger charge is 2.25. The Labute approximate surface area is 127 Å². The number of para-hydroxylation sites is 2. The Balaban J connectivity index is 1.84. The lowest BCUT2D eigenvalue weighted by Crippen LogP contribution is -2.26. The number of benzene rings is 2. The maximum Gasteiger partial charge on any atom is 0.329 e. The Morgan fingerprint density at radius 1 is 0.952 bits per heavy atom. The minimum Gasteiger partial charge on any atom is -0.291 e. The molecule has 2 heterocycles. The molecule has 3 nitrogen and oxygen atoms in total. The van der Waals surface area contributed by atoms with Crippen molar-refractivity contribution >= 4 is 22.8 Å². The number of hydrogen-bond donors (Lipinski definition) is 0. The lowest BCUT2D eigenvalue weighted by Gasteiger charge is -2.03. The molecule has 1 aromatic heterocycles. The lowest BCUT2D eigenvalue weighted by atomic mass is 10.2. The van der Waals surface area contributed by atoms with Crippen molar-refractivity contribution in [2.24, 2.45) is 0 Å². The van der Waals surface area contributed by atoms with Crippen LogP contribution in [0.3, 0.4) is 0 Å². The van der Waals surface area contributed by atoms with E-state index in [0.29, 0.717) is 11.8 Å². The first kappa shape index (κ1) is 12.8. The van der Waals surface area contributed by atoms with Crippen molar-refractivity contribution in [3.05, 3.63) is 70.6 Å². The molecule has 0 saturated carbocycles. The highest BCUT2D eigenvalue weighted by atomic mass is 32.2. The second-order valence-electron chi connectivity index (χ2n) is 5.41. The molecule has 4 rings (SSSR count). The van der Waals surface area contributed by atoms with E-state index in [1.807, 2.05) is 63.4 Å². The van der Waals surface area contributed by atoms with Gasteiger partial charge in [0.2, 0.25) is 0 Å². The average molecular weight is 296 g/mol. The zero-order valence-electron chi connectivity index (χ0n) is 11.6. The molecule has 0 unspecified atom stereocenters. The van der Waals surface area contributed by atoms with Gasteiger partial charge in [-0.15, -0.1) is 0 Å². The van der Waals surface area contributed by atoms with Crippen molar-refractivity contribution in [1.82, 2.24) is 9.13 Å². The molecule has 0 bridgehead atoms. The van der Waals surface area contributed by atoms with Crippen molar-refractivity contribution in [3.8, 4) is 0 Å². The topological polar surface area (TPSA) is 26.9 Å². The minimum atomic E-state index is 0.104. The molecule has 0 N–H and O–H groups in total. The van der Waals surface area contributed by atoms with Crippen LogP contribution in [0.15, 0.2) is 59.4 Å². The largest absolute Gasteiger partial charge is 0.329 e. The third kappa shape index (κ3) is 2.40. The van der Waals surface area contributed by atoms with Gasteiger partial charge in [-0.2, -0.15) is 11.8 Å². The molecule has 0 aliphatic carbocycles. The molecule has 0 spiro atoms. The van der Waals surface area contributed by atoms with Crippen molar-refractivity contribution in [2.45, 2.75) is 18.3 Å². The number of nitrogens with zero attached hydrogens (tertiary/aromatic N) is 2. The van der Waals surface area contributed by atoms with Crippen molar-refractivity contribution in [2.75, 3.05) is 5.75 Å². The van der Waals surface area contributed by atoms with Crippen LogP contribution in [0.1, 0.15) is 5.56 Å². The molecule has 4 heteroatoms. The van der Waals surface area contributed by atoms with E-state index in [4.69, 9.17) is 0 Å². The molecule has 106 valence electrons. The van der Waals surface area contributed by atoms with Crippen LogP contribution in [0.5, 0.6) is 0 Å². The van der Waals surface area contributed by atoms with E-state index < -0.39 is 0 Å². The quantitative estimate of drug-likeness (QED) is 0.692. The first-order valence-electron chi connectivity index (χ1n) is 7.16. The second-order valence-corrected chi connectivity index (χ2v) is 6.74. The zero-order valence-corrected chi connectivity index (χ0v) is 12.4. The zero-order chi connectivity index (χ0) is 14.2. The van der Waals surface area contributed by atoms with Gasteiger partial charge in [0.15, 0.2) is 0 Å². The predicted octanol–water partition coefficient (Wildman–Crippen LogP) is 2.97. The lowest BCUT2D eigenvalue weighted by molar-refractivity contribution is 0.665. The maximum absolute atomic E-state index is 12.8. The smallest absolute Gasteiger partial charge is 0.291 e. The highest BCUT2D eigenvalue weighted by Crippen LogP contribution is 2.32. The minimum absolute atomic E-state index is 0.104. The van der Waals surface area contributed by atoms with Gasteiger partial charge >= 0.3 is 5.69 Å². The Kier molecular flexibility index (Phi) is 3.11. The third-order valence-corrected chi connectivity index (χ3v) is 4.85. The number of hydrogen-bond acceptors (Lipinski definition) is 2. The van der Waals surface area contributed by atoms with Crippen LogP contribution in [0, 0.1) is 0 Å². The first-order valence-corrected chi connectivity index (χ1v) is 8.21. The molecular formula is C17H16N2OS. The molecule has 21 heavy (non-hydrogen) atoms. The first-order chi connectivity index (χ1) is 10.3. The number of thioether (sulfide) groups is 1. The van der Waals surface area contributed by atoms with Crippen LogP contribution < -0.4 is 5.69 Å². The number of fused-ring (bicyclic) bond motifs is 1. The van der Waals surface area contributed by atoms with E-state index >= 15 is 0 Å². The number of rotatable bonds is 4. The van der Waals surface area contributed by atoms with Crippen LogP contribution in [0.4, 0.5) is 0 Å². The summed E-state index contributed by atoms with van der Waals surface area (Å²) in [6, 6.07) is 18.2. The van der Waals surface area contributed by atoms with Crippen LogP contribution in [-0.4, -0.2) is 20.1 Å². The molecule has 1 aliphatic rings. The van der Waals surface area contributed by atoms with Gasteiger partial charge in [-0.1, -0.05) is 42.5 Å². The average Bonchev–Trinajstić information content (AvgIpc) is 3.31. The van der Waals surface area contributed by atoms with Gasteiger partial charge in [0.1, 0.15) is 0 Å². The molecular weight excluding hydrogens is 280 g/mol. The molecule has 3 aromatic rings. The Morgan fingerprint density at radius 2 is 1.57 bits per heavy atom. The fourth-order valence-electron chi connectivity index (χ4n) is 2.74. The van der Waals surface area contributed by atoms with Gasteiger partial charge in [0.05, 0.1) is 17.6 Å². The van der Waals surface area contributed by atoms with E-state index in [-0.39, 0.29) is 5.69 Å². The van der Waals surface area contributed by atoms with Crippen LogP contribution in [0.2, 0.25) is 0 Å². The molecule has 1 fully saturated rings. The summed E-state index contributed by atoms with van der Waals surface area (Å²) in [5, 5.41) is 0.610. The standard InChI is InChI=1S/C17H16N2OS/c20-17-18(10-13-6-2-1-3-7-13)15-8-4-5-9-16(15)19(17)11-14-12-21-14/h1-9,14H,10-12H2/t14-/m0/s1. The molecule has 1 aliphatic heterocycles. The number of aromatic nitrogens is 2. The highest BCUT2D eigenvalue weighted by molar-refractivity contribution is 8.06. The summed E-state index contributed by atoms with van der Waals surface area (Å²) in [7, 11) is 0.